The third kappa shape index (κ3) is 3.87. The highest BCUT2D eigenvalue weighted by Gasteiger charge is 2.07. The molecule has 0 radical (unpaired) electrons. The van der Waals surface area contributed by atoms with Crippen LogP contribution in [0, 0.1) is 6.92 Å². The predicted octanol–water partition coefficient (Wildman–Crippen LogP) is 2.31. The molecular formula is C16H21N3O2. The zero-order valence-electron chi connectivity index (χ0n) is 12.1. The molecule has 0 saturated heterocycles. The van der Waals surface area contributed by atoms with Gasteiger partial charge in [0.15, 0.2) is 0 Å². The average Bonchev–Trinajstić information content (AvgIpc) is 2.50. The van der Waals surface area contributed by atoms with E-state index >= 15 is 0 Å². The van der Waals surface area contributed by atoms with E-state index in [-0.39, 0.29) is 12.4 Å². The molecule has 5 nitrogen and oxygen atoms in total. The first-order valence-corrected chi connectivity index (χ1v) is 6.88. The first-order valence-electron chi connectivity index (χ1n) is 6.88. The molecule has 2 rings (SSSR count). The van der Waals surface area contributed by atoms with Crippen molar-refractivity contribution in [3.8, 4) is 5.75 Å². The second-order valence-corrected chi connectivity index (χ2v) is 4.86. The second-order valence-electron chi connectivity index (χ2n) is 4.86. The van der Waals surface area contributed by atoms with E-state index in [1.807, 2.05) is 37.3 Å². The van der Waals surface area contributed by atoms with Gasteiger partial charge in [-0.3, -0.25) is 0 Å². The summed E-state index contributed by atoms with van der Waals surface area (Å²) in [6.45, 7) is 2.80. The summed E-state index contributed by atoms with van der Waals surface area (Å²) in [7, 11) is 0. The van der Waals surface area contributed by atoms with Crippen molar-refractivity contribution in [1.29, 1.82) is 0 Å². The normalized spacial score (nSPS) is 10.4. The van der Waals surface area contributed by atoms with E-state index in [0.29, 0.717) is 13.1 Å². The van der Waals surface area contributed by atoms with Crippen molar-refractivity contribution in [1.82, 2.24) is 0 Å². The summed E-state index contributed by atoms with van der Waals surface area (Å²) >= 11 is 0. The van der Waals surface area contributed by atoms with Crippen LogP contribution in [0.2, 0.25) is 0 Å². The number of aryl methyl sites for hydroxylation is 1. The van der Waals surface area contributed by atoms with Gasteiger partial charge in [-0.1, -0.05) is 12.1 Å². The monoisotopic (exact) mass is 287 g/mol. The van der Waals surface area contributed by atoms with Gasteiger partial charge in [0.1, 0.15) is 5.75 Å². The lowest BCUT2D eigenvalue weighted by Crippen LogP contribution is -2.07. The fourth-order valence-electron chi connectivity index (χ4n) is 2.02. The van der Waals surface area contributed by atoms with Crippen LogP contribution in [0.1, 0.15) is 11.1 Å². The molecule has 0 bridgehead atoms. The molecule has 0 heterocycles. The number of aliphatic hydroxyl groups is 1. The van der Waals surface area contributed by atoms with Gasteiger partial charge in [0.2, 0.25) is 0 Å². The number of hydrogen-bond acceptors (Lipinski definition) is 5. The average molecular weight is 287 g/mol. The van der Waals surface area contributed by atoms with Crippen LogP contribution in [0.4, 0.5) is 17.1 Å². The van der Waals surface area contributed by atoms with Crippen molar-refractivity contribution in [2.45, 2.75) is 13.5 Å². The van der Waals surface area contributed by atoms with E-state index in [2.05, 4.69) is 10.6 Å². The van der Waals surface area contributed by atoms with E-state index < -0.39 is 0 Å². The summed E-state index contributed by atoms with van der Waals surface area (Å²) in [6, 6.07) is 11.4. The summed E-state index contributed by atoms with van der Waals surface area (Å²) in [4.78, 5) is 0. The van der Waals surface area contributed by atoms with E-state index in [4.69, 9.17) is 10.8 Å². The fourth-order valence-corrected chi connectivity index (χ4v) is 2.02. The predicted molar refractivity (Wildman–Crippen MR) is 86.0 cm³/mol. The Balaban J connectivity index is 2.25. The molecule has 0 fully saturated rings. The molecular weight excluding hydrogens is 266 g/mol. The van der Waals surface area contributed by atoms with Crippen molar-refractivity contribution < 1.29 is 10.2 Å². The molecule has 0 aliphatic heterocycles. The van der Waals surface area contributed by atoms with Gasteiger partial charge in [-0.2, -0.15) is 0 Å². The molecule has 2 aromatic rings. The first-order chi connectivity index (χ1) is 10.1. The van der Waals surface area contributed by atoms with Crippen LogP contribution in [-0.2, 0) is 6.54 Å². The smallest absolute Gasteiger partial charge is 0.120 e. The van der Waals surface area contributed by atoms with E-state index in [1.54, 1.807) is 6.07 Å². The summed E-state index contributed by atoms with van der Waals surface area (Å²) in [5.74, 6) is 0.222. The maximum absolute atomic E-state index is 9.81. The number of phenolic OH excluding ortho intramolecular Hbond substituents is 1. The first kappa shape index (κ1) is 15.2. The van der Waals surface area contributed by atoms with Gasteiger partial charge in [-0.05, 0) is 36.2 Å². The molecule has 0 unspecified atom stereocenters. The Kier molecular flexibility index (Phi) is 5.03. The van der Waals surface area contributed by atoms with E-state index in [9.17, 15) is 5.11 Å². The van der Waals surface area contributed by atoms with Crippen molar-refractivity contribution >= 4 is 17.1 Å². The number of phenols is 1. The Morgan fingerprint density at radius 1 is 1.10 bits per heavy atom. The highest BCUT2D eigenvalue weighted by Crippen LogP contribution is 2.32. The lowest BCUT2D eigenvalue weighted by molar-refractivity contribution is 0.311. The van der Waals surface area contributed by atoms with Gasteiger partial charge in [0.25, 0.3) is 0 Å². The minimum Gasteiger partial charge on any atom is -0.508 e. The van der Waals surface area contributed by atoms with Crippen LogP contribution < -0.4 is 16.4 Å². The van der Waals surface area contributed by atoms with Crippen LogP contribution in [-0.4, -0.2) is 23.4 Å². The molecule has 0 aliphatic rings. The van der Waals surface area contributed by atoms with Gasteiger partial charge in [-0.25, -0.2) is 0 Å². The highest BCUT2D eigenvalue weighted by molar-refractivity contribution is 5.77. The van der Waals surface area contributed by atoms with Crippen LogP contribution in [0.3, 0.4) is 0 Å². The molecule has 2 aromatic carbocycles. The largest absolute Gasteiger partial charge is 0.508 e. The number of rotatable bonds is 6. The number of benzene rings is 2. The Bertz CT molecular complexity index is 597. The lowest BCUT2D eigenvalue weighted by Gasteiger charge is -2.15. The minimum atomic E-state index is 0.0271. The molecule has 0 aromatic heterocycles. The number of aliphatic hydroxyl groups excluding tert-OH is 1. The summed E-state index contributed by atoms with van der Waals surface area (Å²) in [5, 5.41) is 25.1. The Labute approximate surface area is 124 Å². The highest BCUT2D eigenvalue weighted by atomic mass is 16.3. The summed E-state index contributed by atoms with van der Waals surface area (Å²) in [5.41, 5.74) is 9.97. The molecule has 0 amide bonds. The van der Waals surface area contributed by atoms with Gasteiger partial charge in [0.05, 0.1) is 18.0 Å². The Hall–Kier alpha value is -2.24. The molecule has 0 saturated carbocycles. The van der Waals surface area contributed by atoms with E-state index in [1.165, 1.54) is 0 Å². The number of nitrogens with one attached hydrogen (secondary N) is 2. The molecule has 21 heavy (non-hydrogen) atoms. The van der Waals surface area contributed by atoms with Crippen LogP contribution in [0.5, 0.6) is 5.75 Å². The third-order valence-electron chi connectivity index (χ3n) is 3.23. The number of hydrogen-bond donors (Lipinski definition) is 5. The zero-order chi connectivity index (χ0) is 15.2. The molecule has 0 spiro atoms. The van der Waals surface area contributed by atoms with Crippen LogP contribution >= 0.6 is 0 Å². The zero-order valence-corrected chi connectivity index (χ0v) is 12.1. The molecule has 5 heteroatoms. The lowest BCUT2D eigenvalue weighted by atomic mass is 10.1. The van der Waals surface area contributed by atoms with Crippen molar-refractivity contribution in [2.24, 2.45) is 5.73 Å². The SMILES string of the molecule is Cc1cc(Nc2ccc(CN)cc2)c(NCCO)cc1O. The Morgan fingerprint density at radius 3 is 2.43 bits per heavy atom. The number of aromatic hydroxyl groups is 1. The maximum atomic E-state index is 9.81. The molecule has 6 N–H and O–H groups in total. The van der Waals surface area contributed by atoms with Crippen LogP contribution in [0.15, 0.2) is 36.4 Å². The van der Waals surface area contributed by atoms with Gasteiger partial charge in [0, 0.05) is 24.8 Å². The van der Waals surface area contributed by atoms with Crippen molar-refractivity contribution in [3.63, 3.8) is 0 Å². The Morgan fingerprint density at radius 2 is 1.81 bits per heavy atom. The molecule has 112 valence electrons. The molecule has 0 aliphatic carbocycles. The summed E-state index contributed by atoms with van der Waals surface area (Å²) < 4.78 is 0. The fraction of sp³-hybridized carbons (Fsp3) is 0.250. The third-order valence-corrected chi connectivity index (χ3v) is 3.23. The maximum Gasteiger partial charge on any atom is 0.120 e. The number of anilines is 3. The number of nitrogens with two attached hydrogens (primary N) is 1. The van der Waals surface area contributed by atoms with Crippen molar-refractivity contribution in [3.05, 3.63) is 47.5 Å². The quantitative estimate of drug-likeness (QED) is 0.526. The molecule has 0 atom stereocenters. The van der Waals surface area contributed by atoms with Gasteiger partial charge >= 0.3 is 0 Å². The summed E-state index contributed by atoms with van der Waals surface area (Å²) in [6.07, 6.45) is 0. The minimum absolute atomic E-state index is 0.0271. The topological polar surface area (TPSA) is 90.5 Å². The standard InChI is InChI=1S/C16H21N3O2/c1-11-8-15(14(9-16(11)21)18-6-7-20)19-13-4-2-12(10-17)3-5-13/h2-5,8-9,18-21H,6-7,10,17H2,1H3. The van der Waals surface area contributed by atoms with Gasteiger partial charge in [-0.15, -0.1) is 0 Å². The van der Waals surface area contributed by atoms with E-state index in [0.717, 1.165) is 28.2 Å². The van der Waals surface area contributed by atoms with Crippen LogP contribution in [0.25, 0.3) is 0 Å². The van der Waals surface area contributed by atoms with Crippen molar-refractivity contribution in [2.75, 3.05) is 23.8 Å². The second kappa shape index (κ2) is 6.97. The van der Waals surface area contributed by atoms with Gasteiger partial charge < -0.3 is 26.6 Å².